The average molecular weight is 140 g/mol. The van der Waals surface area contributed by atoms with Gasteiger partial charge in [0.15, 0.2) is 5.78 Å². The molecule has 2 heteroatoms. The Morgan fingerprint density at radius 3 is 3.10 bits per heavy atom. The van der Waals surface area contributed by atoms with Gasteiger partial charge in [0.05, 0.1) is 0 Å². The maximum Gasteiger partial charge on any atom is 0.155 e. The van der Waals surface area contributed by atoms with Crippen molar-refractivity contribution in [1.82, 2.24) is 0 Å². The molecular formula is C8H12O2. The third kappa shape index (κ3) is 1.95. The summed E-state index contributed by atoms with van der Waals surface area (Å²) in [5.41, 5.74) is 0. The lowest BCUT2D eigenvalue weighted by Gasteiger charge is -2.01. The maximum atomic E-state index is 10.8. The van der Waals surface area contributed by atoms with E-state index in [9.17, 15) is 4.79 Å². The van der Waals surface area contributed by atoms with Crippen LogP contribution in [0.3, 0.4) is 0 Å². The summed E-state index contributed by atoms with van der Waals surface area (Å²) in [6.45, 7) is 4.98. The third-order valence-corrected chi connectivity index (χ3v) is 1.74. The van der Waals surface area contributed by atoms with E-state index in [1.807, 2.05) is 0 Å². The van der Waals surface area contributed by atoms with E-state index in [1.54, 1.807) is 0 Å². The summed E-state index contributed by atoms with van der Waals surface area (Å²) in [5.74, 6) is 0.584. The second-order valence-corrected chi connectivity index (χ2v) is 2.60. The minimum atomic E-state index is 0.135. The topological polar surface area (TPSA) is 26.3 Å². The molecule has 0 N–H and O–H groups in total. The maximum absolute atomic E-state index is 10.8. The molecule has 0 amide bonds. The highest BCUT2D eigenvalue weighted by atomic mass is 16.5. The Bertz CT molecular complexity index is 134. The molecule has 1 aliphatic rings. The summed E-state index contributed by atoms with van der Waals surface area (Å²) in [7, 11) is 0. The van der Waals surface area contributed by atoms with Gasteiger partial charge >= 0.3 is 0 Å². The zero-order valence-electron chi connectivity index (χ0n) is 6.01. The van der Waals surface area contributed by atoms with Crippen LogP contribution in [-0.4, -0.2) is 19.0 Å². The fourth-order valence-corrected chi connectivity index (χ4v) is 1.11. The molecule has 1 saturated heterocycles. The molecule has 0 aliphatic carbocycles. The van der Waals surface area contributed by atoms with Crippen molar-refractivity contribution in [2.24, 2.45) is 5.92 Å². The largest absolute Gasteiger partial charge is 0.381 e. The molecule has 1 rings (SSSR count). The monoisotopic (exact) mass is 140 g/mol. The van der Waals surface area contributed by atoms with Crippen molar-refractivity contribution in [2.75, 3.05) is 13.2 Å². The molecule has 1 unspecified atom stereocenters. The predicted molar refractivity (Wildman–Crippen MR) is 38.7 cm³/mol. The van der Waals surface area contributed by atoms with Gasteiger partial charge in [-0.2, -0.15) is 0 Å². The molecule has 1 atom stereocenters. The van der Waals surface area contributed by atoms with E-state index in [0.29, 0.717) is 12.3 Å². The standard InChI is InChI=1S/C8H12O2/c1-2-8(9)5-7-3-4-10-6-7/h2,7H,1,3-6H2. The summed E-state index contributed by atoms with van der Waals surface area (Å²) in [5, 5.41) is 0. The second kappa shape index (κ2) is 3.52. The lowest BCUT2D eigenvalue weighted by atomic mass is 10.0. The van der Waals surface area contributed by atoms with Crippen LogP contribution >= 0.6 is 0 Å². The zero-order chi connectivity index (χ0) is 7.40. The van der Waals surface area contributed by atoms with E-state index in [0.717, 1.165) is 19.6 Å². The van der Waals surface area contributed by atoms with Crippen LogP contribution in [0.15, 0.2) is 12.7 Å². The van der Waals surface area contributed by atoms with Crippen LogP contribution in [0.25, 0.3) is 0 Å². The summed E-state index contributed by atoms with van der Waals surface area (Å²) in [4.78, 5) is 10.8. The SMILES string of the molecule is C=CC(=O)CC1CCOC1. The van der Waals surface area contributed by atoms with Gasteiger partial charge in [-0.25, -0.2) is 0 Å². The van der Waals surface area contributed by atoms with E-state index in [2.05, 4.69) is 6.58 Å². The number of carbonyl (C=O) groups excluding carboxylic acids is 1. The molecule has 0 saturated carbocycles. The number of allylic oxidation sites excluding steroid dienone is 1. The number of carbonyl (C=O) groups is 1. The number of hydrogen-bond donors (Lipinski definition) is 0. The van der Waals surface area contributed by atoms with Gasteiger partial charge in [-0.1, -0.05) is 6.58 Å². The number of ketones is 1. The lowest BCUT2D eigenvalue weighted by molar-refractivity contribution is -0.115. The Hall–Kier alpha value is -0.630. The Kier molecular flexibility index (Phi) is 2.63. The summed E-state index contributed by atoms with van der Waals surface area (Å²) >= 11 is 0. The molecule has 0 aromatic carbocycles. The van der Waals surface area contributed by atoms with Gasteiger partial charge < -0.3 is 4.74 Å². The smallest absolute Gasteiger partial charge is 0.155 e. The van der Waals surface area contributed by atoms with Crippen molar-refractivity contribution in [2.45, 2.75) is 12.8 Å². The van der Waals surface area contributed by atoms with Crippen LogP contribution in [-0.2, 0) is 9.53 Å². The minimum absolute atomic E-state index is 0.135. The summed E-state index contributed by atoms with van der Waals surface area (Å²) in [6.07, 6.45) is 3.03. The fraction of sp³-hybridized carbons (Fsp3) is 0.625. The second-order valence-electron chi connectivity index (χ2n) is 2.60. The van der Waals surface area contributed by atoms with Crippen molar-refractivity contribution < 1.29 is 9.53 Å². The Morgan fingerprint density at radius 2 is 2.60 bits per heavy atom. The van der Waals surface area contributed by atoms with Crippen LogP contribution in [0.5, 0.6) is 0 Å². The van der Waals surface area contributed by atoms with Gasteiger partial charge in [0, 0.05) is 19.6 Å². The Labute approximate surface area is 60.9 Å². The molecule has 10 heavy (non-hydrogen) atoms. The van der Waals surface area contributed by atoms with Crippen LogP contribution in [0.4, 0.5) is 0 Å². The van der Waals surface area contributed by atoms with E-state index < -0.39 is 0 Å². The first kappa shape index (κ1) is 7.48. The van der Waals surface area contributed by atoms with Gasteiger partial charge in [0.1, 0.15) is 0 Å². The number of rotatable bonds is 3. The van der Waals surface area contributed by atoms with Crippen LogP contribution < -0.4 is 0 Å². The van der Waals surface area contributed by atoms with Crippen molar-refractivity contribution >= 4 is 5.78 Å². The third-order valence-electron chi connectivity index (χ3n) is 1.74. The Morgan fingerprint density at radius 1 is 1.80 bits per heavy atom. The van der Waals surface area contributed by atoms with Gasteiger partial charge in [0.25, 0.3) is 0 Å². The first-order valence-corrected chi connectivity index (χ1v) is 3.56. The molecule has 0 aromatic heterocycles. The predicted octanol–water partition coefficient (Wildman–Crippen LogP) is 1.17. The van der Waals surface area contributed by atoms with Crippen LogP contribution in [0.2, 0.25) is 0 Å². The van der Waals surface area contributed by atoms with E-state index in [4.69, 9.17) is 4.74 Å². The quantitative estimate of drug-likeness (QED) is 0.550. The van der Waals surface area contributed by atoms with Crippen LogP contribution in [0.1, 0.15) is 12.8 Å². The molecule has 0 bridgehead atoms. The summed E-state index contributed by atoms with van der Waals surface area (Å²) < 4.78 is 5.12. The van der Waals surface area contributed by atoms with Gasteiger partial charge in [0.2, 0.25) is 0 Å². The normalized spacial score (nSPS) is 24.6. The zero-order valence-corrected chi connectivity index (χ0v) is 6.01. The fourth-order valence-electron chi connectivity index (χ4n) is 1.11. The molecule has 2 nitrogen and oxygen atoms in total. The van der Waals surface area contributed by atoms with Crippen molar-refractivity contribution in [3.8, 4) is 0 Å². The Balaban J connectivity index is 2.23. The van der Waals surface area contributed by atoms with E-state index in [1.165, 1.54) is 6.08 Å². The first-order chi connectivity index (χ1) is 4.83. The molecular weight excluding hydrogens is 128 g/mol. The number of ether oxygens (including phenoxy) is 1. The molecule has 56 valence electrons. The van der Waals surface area contributed by atoms with Crippen molar-refractivity contribution in [3.63, 3.8) is 0 Å². The van der Waals surface area contributed by atoms with Gasteiger partial charge in [-0.3, -0.25) is 4.79 Å². The highest BCUT2D eigenvalue weighted by molar-refractivity contribution is 5.89. The molecule has 0 radical (unpaired) electrons. The highest BCUT2D eigenvalue weighted by Crippen LogP contribution is 2.16. The number of hydrogen-bond acceptors (Lipinski definition) is 2. The van der Waals surface area contributed by atoms with Crippen molar-refractivity contribution in [3.05, 3.63) is 12.7 Å². The van der Waals surface area contributed by atoms with E-state index >= 15 is 0 Å². The first-order valence-electron chi connectivity index (χ1n) is 3.56. The molecule has 0 spiro atoms. The molecule has 1 heterocycles. The summed E-state index contributed by atoms with van der Waals surface area (Å²) in [6, 6.07) is 0. The molecule has 0 aromatic rings. The molecule has 1 fully saturated rings. The van der Waals surface area contributed by atoms with Crippen molar-refractivity contribution in [1.29, 1.82) is 0 Å². The highest BCUT2D eigenvalue weighted by Gasteiger charge is 2.17. The van der Waals surface area contributed by atoms with E-state index in [-0.39, 0.29) is 5.78 Å². The minimum Gasteiger partial charge on any atom is -0.381 e. The van der Waals surface area contributed by atoms with Gasteiger partial charge in [-0.05, 0) is 18.4 Å². The molecule has 1 aliphatic heterocycles. The average Bonchev–Trinajstić information content (AvgIpc) is 2.40. The lowest BCUT2D eigenvalue weighted by Crippen LogP contribution is -2.05. The van der Waals surface area contributed by atoms with Crippen LogP contribution in [0, 0.1) is 5.92 Å². The van der Waals surface area contributed by atoms with Gasteiger partial charge in [-0.15, -0.1) is 0 Å².